The molecular weight excluding hydrogens is 310 g/mol. The minimum absolute atomic E-state index is 0.0979. The maximum absolute atomic E-state index is 11.8. The topological polar surface area (TPSA) is 106 Å². The zero-order valence-electron chi connectivity index (χ0n) is 12.9. The van der Waals surface area contributed by atoms with Crippen LogP contribution in [-0.4, -0.2) is 43.2 Å². The highest BCUT2D eigenvalue weighted by atomic mass is 16.5. The van der Waals surface area contributed by atoms with Crippen molar-refractivity contribution in [3.8, 4) is 5.75 Å². The number of allylic oxidation sites excluding steroid dienone is 1. The van der Waals surface area contributed by atoms with Gasteiger partial charge < -0.3 is 14.4 Å². The van der Waals surface area contributed by atoms with Crippen molar-refractivity contribution < 1.29 is 14.6 Å². The molecule has 2 N–H and O–H groups in total. The molecule has 0 saturated heterocycles. The van der Waals surface area contributed by atoms with E-state index < -0.39 is 5.78 Å². The number of aromatic amines is 1. The second kappa shape index (κ2) is 6.78. The number of rotatable bonds is 6. The van der Waals surface area contributed by atoms with Gasteiger partial charge in [-0.1, -0.05) is 12.1 Å². The predicted molar refractivity (Wildman–Crippen MR) is 85.6 cm³/mol. The average Bonchev–Trinajstić information content (AvgIpc) is 3.27. The summed E-state index contributed by atoms with van der Waals surface area (Å²) in [5.74, 6) is 0.0224. The summed E-state index contributed by atoms with van der Waals surface area (Å²) in [6.07, 6.45) is 4.64. The van der Waals surface area contributed by atoms with Crippen LogP contribution in [0.15, 0.2) is 48.8 Å². The molecule has 0 aliphatic carbocycles. The molecule has 24 heavy (non-hydrogen) atoms. The first-order valence-electron chi connectivity index (χ1n) is 7.13. The van der Waals surface area contributed by atoms with E-state index in [4.69, 9.17) is 4.74 Å². The Morgan fingerprint density at radius 3 is 2.79 bits per heavy atom. The Hall–Kier alpha value is -3.42. The quantitative estimate of drug-likeness (QED) is 0.407. The smallest absolute Gasteiger partial charge is 0.244 e. The lowest BCUT2D eigenvalue weighted by Gasteiger charge is -2.04. The van der Waals surface area contributed by atoms with Gasteiger partial charge in [0.05, 0.1) is 7.11 Å². The Balaban J connectivity index is 1.71. The molecule has 0 bridgehead atoms. The fraction of sp³-hybridized carbons (Fsp3) is 0.125. The number of hydrogen-bond donors (Lipinski definition) is 2. The number of tetrazole rings is 1. The number of methoxy groups -OCH3 is 1. The number of H-pyrrole nitrogens is 1. The third-order valence-corrected chi connectivity index (χ3v) is 3.40. The first-order chi connectivity index (χ1) is 11.7. The van der Waals surface area contributed by atoms with E-state index in [-0.39, 0.29) is 11.6 Å². The molecule has 0 saturated carbocycles. The lowest BCUT2D eigenvalue weighted by atomic mass is 10.2. The van der Waals surface area contributed by atoms with E-state index in [2.05, 4.69) is 20.6 Å². The summed E-state index contributed by atoms with van der Waals surface area (Å²) in [5.41, 5.74) is 1.62. The lowest BCUT2D eigenvalue weighted by Crippen LogP contribution is -1.99. The lowest BCUT2D eigenvalue weighted by molar-refractivity contribution is 0.103. The molecule has 3 rings (SSSR count). The van der Waals surface area contributed by atoms with Crippen LogP contribution in [0.1, 0.15) is 21.7 Å². The van der Waals surface area contributed by atoms with Crippen molar-refractivity contribution in [1.82, 2.24) is 25.2 Å². The number of ketones is 1. The molecule has 122 valence electrons. The van der Waals surface area contributed by atoms with E-state index in [9.17, 15) is 9.90 Å². The van der Waals surface area contributed by atoms with Crippen molar-refractivity contribution in [1.29, 1.82) is 0 Å². The highest BCUT2D eigenvalue weighted by Crippen LogP contribution is 2.16. The van der Waals surface area contributed by atoms with Crippen molar-refractivity contribution in [3.05, 3.63) is 65.8 Å². The van der Waals surface area contributed by atoms with Gasteiger partial charge in [-0.2, -0.15) is 5.21 Å². The van der Waals surface area contributed by atoms with E-state index in [1.807, 2.05) is 35.0 Å². The summed E-state index contributed by atoms with van der Waals surface area (Å²) in [6.45, 7) is 0.635. The van der Waals surface area contributed by atoms with Crippen LogP contribution in [0.5, 0.6) is 5.75 Å². The zero-order valence-corrected chi connectivity index (χ0v) is 12.9. The number of hydrogen-bond acceptors (Lipinski definition) is 6. The van der Waals surface area contributed by atoms with E-state index in [1.165, 1.54) is 0 Å². The highest BCUT2D eigenvalue weighted by molar-refractivity contribution is 6.05. The SMILES string of the molecule is COc1ccc(Cn2ccc(C(O)=CC(=O)c3nn[nH]n3)c2)cc1. The third kappa shape index (κ3) is 3.49. The molecule has 0 atom stereocenters. The van der Waals surface area contributed by atoms with E-state index in [1.54, 1.807) is 19.4 Å². The minimum Gasteiger partial charge on any atom is -0.507 e. The number of ether oxygens (including phenoxy) is 1. The van der Waals surface area contributed by atoms with Crippen molar-refractivity contribution in [3.63, 3.8) is 0 Å². The van der Waals surface area contributed by atoms with E-state index in [0.717, 1.165) is 17.4 Å². The molecular formula is C16H15N5O3. The van der Waals surface area contributed by atoms with Crippen LogP contribution in [0.2, 0.25) is 0 Å². The molecule has 2 heterocycles. The molecule has 0 fully saturated rings. The molecule has 3 aromatic rings. The van der Waals surface area contributed by atoms with Gasteiger partial charge in [0.25, 0.3) is 0 Å². The number of carbonyl (C=O) groups excluding carboxylic acids is 1. The van der Waals surface area contributed by atoms with Crippen LogP contribution < -0.4 is 4.74 Å². The second-order valence-electron chi connectivity index (χ2n) is 5.05. The van der Waals surface area contributed by atoms with Crippen LogP contribution in [0.4, 0.5) is 0 Å². The van der Waals surface area contributed by atoms with Crippen molar-refractivity contribution in [2.75, 3.05) is 7.11 Å². The molecule has 8 nitrogen and oxygen atoms in total. The summed E-state index contributed by atoms with van der Waals surface area (Å²) < 4.78 is 7.03. The third-order valence-electron chi connectivity index (χ3n) is 3.40. The average molecular weight is 325 g/mol. The molecule has 1 aromatic carbocycles. The standard InChI is InChI=1S/C16H15N5O3/c1-24-13-4-2-11(3-5-13)9-21-7-6-12(10-21)14(22)8-15(23)16-17-19-20-18-16/h2-8,10,22H,9H2,1H3,(H,17,18,19,20). The number of aliphatic hydroxyl groups is 1. The van der Waals surface area contributed by atoms with Gasteiger partial charge >= 0.3 is 0 Å². The van der Waals surface area contributed by atoms with Gasteiger partial charge in [-0.15, -0.1) is 10.2 Å². The largest absolute Gasteiger partial charge is 0.507 e. The summed E-state index contributed by atoms with van der Waals surface area (Å²) >= 11 is 0. The van der Waals surface area contributed by atoms with Gasteiger partial charge in [0.2, 0.25) is 11.6 Å². The minimum atomic E-state index is -0.524. The summed E-state index contributed by atoms with van der Waals surface area (Å²) in [6, 6.07) is 9.43. The van der Waals surface area contributed by atoms with Gasteiger partial charge in [0.1, 0.15) is 11.5 Å². The normalized spacial score (nSPS) is 11.5. The van der Waals surface area contributed by atoms with Gasteiger partial charge in [0.15, 0.2) is 0 Å². The first-order valence-corrected chi connectivity index (χ1v) is 7.13. The maximum Gasteiger partial charge on any atom is 0.244 e. The van der Waals surface area contributed by atoms with Crippen molar-refractivity contribution >= 4 is 11.5 Å². The summed E-state index contributed by atoms with van der Waals surface area (Å²) in [7, 11) is 1.62. The van der Waals surface area contributed by atoms with Crippen LogP contribution in [0.3, 0.4) is 0 Å². The van der Waals surface area contributed by atoms with Crippen molar-refractivity contribution in [2.45, 2.75) is 6.54 Å². The Bertz CT molecular complexity index is 850. The fourth-order valence-corrected chi connectivity index (χ4v) is 2.17. The molecule has 0 unspecified atom stereocenters. The number of nitrogens with one attached hydrogen (secondary N) is 1. The Labute approximate surface area is 137 Å². The highest BCUT2D eigenvalue weighted by Gasteiger charge is 2.11. The van der Waals surface area contributed by atoms with Gasteiger partial charge in [-0.25, -0.2) is 0 Å². The molecule has 8 heteroatoms. The number of nitrogens with zero attached hydrogens (tertiary/aromatic N) is 4. The molecule has 0 amide bonds. The van der Waals surface area contributed by atoms with E-state index >= 15 is 0 Å². The van der Waals surface area contributed by atoms with Crippen LogP contribution in [0, 0.1) is 0 Å². The predicted octanol–water partition coefficient (Wildman–Crippen LogP) is 1.84. The summed E-state index contributed by atoms with van der Waals surface area (Å²) in [5, 5.41) is 22.7. The molecule has 0 aliphatic rings. The number of aliphatic hydroxyl groups excluding tert-OH is 1. The molecule has 0 radical (unpaired) electrons. The summed E-state index contributed by atoms with van der Waals surface area (Å²) in [4.78, 5) is 11.8. The first kappa shape index (κ1) is 15.5. The monoisotopic (exact) mass is 325 g/mol. The molecule has 2 aromatic heterocycles. The van der Waals surface area contributed by atoms with Gasteiger partial charge in [-0.05, 0) is 29.0 Å². The Morgan fingerprint density at radius 1 is 1.33 bits per heavy atom. The van der Waals surface area contributed by atoms with Crippen LogP contribution in [0.25, 0.3) is 5.76 Å². The zero-order chi connectivity index (χ0) is 16.9. The Kier molecular flexibility index (Phi) is 4.37. The Morgan fingerprint density at radius 2 is 2.12 bits per heavy atom. The van der Waals surface area contributed by atoms with E-state index in [0.29, 0.717) is 12.1 Å². The fourth-order valence-electron chi connectivity index (χ4n) is 2.17. The maximum atomic E-state index is 11.8. The molecule has 0 spiro atoms. The van der Waals surface area contributed by atoms with Gasteiger partial charge in [-0.3, -0.25) is 4.79 Å². The molecule has 0 aliphatic heterocycles. The number of benzene rings is 1. The number of carbonyl (C=O) groups is 1. The van der Waals surface area contributed by atoms with Crippen molar-refractivity contribution in [2.24, 2.45) is 0 Å². The second-order valence-corrected chi connectivity index (χ2v) is 5.05. The van der Waals surface area contributed by atoms with Crippen LogP contribution >= 0.6 is 0 Å². The number of aromatic nitrogens is 5. The van der Waals surface area contributed by atoms with Crippen LogP contribution in [-0.2, 0) is 6.54 Å². The van der Waals surface area contributed by atoms with Gasteiger partial charge in [0, 0.05) is 30.6 Å².